The van der Waals surface area contributed by atoms with Gasteiger partial charge in [0.05, 0.1) is 11.5 Å². The molecule has 0 saturated heterocycles. The Kier molecular flexibility index (Phi) is 3.32. The zero-order valence-electron chi connectivity index (χ0n) is 11.8. The largest absolute Gasteiger partial charge is 0.197 e. The molecular weight excluding hydrogens is 242 g/mol. The van der Waals surface area contributed by atoms with Gasteiger partial charge in [-0.2, -0.15) is 5.26 Å². The first-order valence-electron chi connectivity index (χ1n) is 7.27. The molecule has 1 heteroatoms. The highest BCUT2D eigenvalue weighted by Gasteiger charge is 2.28. The molecule has 1 aliphatic rings. The molecule has 2 aromatic carbocycles. The van der Waals surface area contributed by atoms with Crippen molar-refractivity contribution in [2.24, 2.45) is 0 Å². The number of hydrogen-bond acceptors (Lipinski definition) is 1. The zero-order chi connectivity index (χ0) is 14.0. The van der Waals surface area contributed by atoms with Gasteiger partial charge >= 0.3 is 0 Å². The van der Waals surface area contributed by atoms with Crippen LogP contribution in [0.25, 0.3) is 0 Å². The Morgan fingerprint density at radius 1 is 1.05 bits per heavy atom. The first kappa shape index (κ1) is 12.9. The summed E-state index contributed by atoms with van der Waals surface area (Å²) in [7, 11) is 0. The molecule has 0 radical (unpaired) electrons. The van der Waals surface area contributed by atoms with Crippen LogP contribution < -0.4 is 0 Å². The Hall–Kier alpha value is -2.07. The van der Waals surface area contributed by atoms with Crippen molar-refractivity contribution < 1.29 is 0 Å². The molecule has 0 amide bonds. The second-order valence-corrected chi connectivity index (χ2v) is 6.00. The van der Waals surface area contributed by atoms with Gasteiger partial charge in [-0.15, -0.1) is 0 Å². The second-order valence-electron chi connectivity index (χ2n) is 6.00. The smallest absolute Gasteiger partial charge is 0.0834 e. The summed E-state index contributed by atoms with van der Waals surface area (Å²) in [4.78, 5) is 0. The number of nitriles is 1. The van der Waals surface area contributed by atoms with E-state index >= 15 is 0 Å². The maximum Gasteiger partial charge on any atom is 0.0834 e. The minimum atomic E-state index is -0.455. The van der Waals surface area contributed by atoms with Gasteiger partial charge in [-0.1, -0.05) is 54.6 Å². The van der Waals surface area contributed by atoms with E-state index in [0.29, 0.717) is 0 Å². The quantitative estimate of drug-likeness (QED) is 0.789. The fourth-order valence-corrected chi connectivity index (χ4v) is 2.75. The van der Waals surface area contributed by atoms with E-state index < -0.39 is 5.41 Å². The molecule has 3 rings (SSSR count). The summed E-state index contributed by atoms with van der Waals surface area (Å²) < 4.78 is 0. The van der Waals surface area contributed by atoms with Gasteiger partial charge < -0.3 is 0 Å². The average Bonchev–Trinajstić information content (AvgIpc) is 3.33. The summed E-state index contributed by atoms with van der Waals surface area (Å²) in [5, 5.41) is 9.64. The molecule has 1 nitrogen and oxygen atoms in total. The lowest BCUT2D eigenvalue weighted by Crippen LogP contribution is -2.22. The lowest BCUT2D eigenvalue weighted by Gasteiger charge is -2.22. The zero-order valence-corrected chi connectivity index (χ0v) is 11.8. The summed E-state index contributed by atoms with van der Waals surface area (Å²) in [6.45, 7) is 2.03. The van der Waals surface area contributed by atoms with Crippen molar-refractivity contribution in [2.75, 3.05) is 0 Å². The molecule has 100 valence electrons. The molecule has 1 unspecified atom stereocenters. The van der Waals surface area contributed by atoms with Gasteiger partial charge in [-0.25, -0.2) is 0 Å². The first-order valence-corrected chi connectivity index (χ1v) is 7.27. The van der Waals surface area contributed by atoms with Crippen LogP contribution in [-0.2, 0) is 11.8 Å². The van der Waals surface area contributed by atoms with Crippen molar-refractivity contribution in [3.63, 3.8) is 0 Å². The van der Waals surface area contributed by atoms with Crippen LogP contribution in [0.4, 0.5) is 0 Å². The highest BCUT2D eigenvalue weighted by Crippen LogP contribution is 2.40. The topological polar surface area (TPSA) is 23.8 Å². The lowest BCUT2D eigenvalue weighted by atomic mass is 9.78. The van der Waals surface area contributed by atoms with Gasteiger partial charge in [0.2, 0.25) is 0 Å². The lowest BCUT2D eigenvalue weighted by molar-refractivity contribution is 0.606. The minimum absolute atomic E-state index is 0.455. The normalized spacial score (nSPS) is 17.2. The molecule has 1 fully saturated rings. The monoisotopic (exact) mass is 261 g/mol. The predicted molar refractivity (Wildman–Crippen MR) is 81.5 cm³/mol. The third-order valence-electron chi connectivity index (χ3n) is 4.24. The van der Waals surface area contributed by atoms with Crippen LogP contribution in [0.5, 0.6) is 0 Å². The molecule has 0 bridgehead atoms. The van der Waals surface area contributed by atoms with Crippen LogP contribution in [0, 0.1) is 11.3 Å². The van der Waals surface area contributed by atoms with E-state index in [-0.39, 0.29) is 0 Å². The van der Waals surface area contributed by atoms with E-state index in [9.17, 15) is 5.26 Å². The molecule has 1 atom stereocenters. The number of nitrogens with zero attached hydrogens (tertiary/aromatic N) is 1. The summed E-state index contributed by atoms with van der Waals surface area (Å²) in [6.07, 6.45) is 3.39. The van der Waals surface area contributed by atoms with Crippen molar-refractivity contribution in [3.05, 3.63) is 71.3 Å². The van der Waals surface area contributed by atoms with Crippen molar-refractivity contribution >= 4 is 0 Å². The van der Waals surface area contributed by atoms with Crippen molar-refractivity contribution in [1.29, 1.82) is 5.26 Å². The highest BCUT2D eigenvalue weighted by atomic mass is 14.4. The maximum atomic E-state index is 9.64. The summed E-state index contributed by atoms with van der Waals surface area (Å²) in [5.74, 6) is 0.770. The Balaban J connectivity index is 1.85. The van der Waals surface area contributed by atoms with Gasteiger partial charge in [0.1, 0.15) is 0 Å². The van der Waals surface area contributed by atoms with Crippen molar-refractivity contribution in [2.45, 2.75) is 37.5 Å². The second kappa shape index (κ2) is 5.13. The van der Waals surface area contributed by atoms with E-state index in [1.54, 1.807) is 0 Å². The van der Waals surface area contributed by atoms with Crippen LogP contribution in [0.15, 0.2) is 54.6 Å². The van der Waals surface area contributed by atoms with Crippen molar-refractivity contribution in [3.8, 4) is 6.07 Å². The molecule has 2 aromatic rings. The highest BCUT2D eigenvalue weighted by molar-refractivity contribution is 5.38. The van der Waals surface area contributed by atoms with Crippen LogP contribution in [-0.4, -0.2) is 0 Å². The van der Waals surface area contributed by atoms with Crippen LogP contribution in [0.1, 0.15) is 42.4 Å². The predicted octanol–water partition coefficient (Wildman–Crippen LogP) is 4.59. The Morgan fingerprint density at radius 3 is 2.25 bits per heavy atom. The molecule has 0 N–H and O–H groups in total. The molecular formula is C19H19N. The molecule has 0 aliphatic heterocycles. The Bertz CT molecular complexity index is 617. The molecule has 0 spiro atoms. The SMILES string of the molecule is CC(C#N)(Cc1ccccc1)c1ccc(C2CC2)cc1. The van der Waals surface area contributed by atoms with Crippen molar-refractivity contribution in [1.82, 2.24) is 0 Å². The van der Waals surface area contributed by atoms with Crippen LogP contribution >= 0.6 is 0 Å². The molecule has 0 heterocycles. The van der Waals surface area contributed by atoms with Crippen LogP contribution in [0.2, 0.25) is 0 Å². The van der Waals surface area contributed by atoms with E-state index in [4.69, 9.17) is 0 Å². The summed E-state index contributed by atoms with van der Waals surface area (Å²) >= 11 is 0. The molecule has 20 heavy (non-hydrogen) atoms. The molecule has 1 saturated carbocycles. The number of benzene rings is 2. The maximum absolute atomic E-state index is 9.64. The summed E-state index contributed by atoms with van der Waals surface area (Å²) in [6, 6.07) is 21.4. The van der Waals surface area contributed by atoms with Crippen LogP contribution in [0.3, 0.4) is 0 Å². The third-order valence-corrected chi connectivity index (χ3v) is 4.24. The van der Waals surface area contributed by atoms with Gasteiger partial charge in [0, 0.05) is 0 Å². The fourth-order valence-electron chi connectivity index (χ4n) is 2.75. The van der Waals surface area contributed by atoms with E-state index in [1.165, 1.54) is 24.0 Å². The molecule has 0 aromatic heterocycles. The third kappa shape index (κ3) is 2.60. The van der Waals surface area contributed by atoms with Gasteiger partial charge in [0.15, 0.2) is 0 Å². The summed E-state index contributed by atoms with van der Waals surface area (Å²) in [5.41, 5.74) is 3.30. The minimum Gasteiger partial charge on any atom is -0.197 e. The van der Waals surface area contributed by atoms with Gasteiger partial charge in [-0.3, -0.25) is 0 Å². The van der Waals surface area contributed by atoms with Gasteiger partial charge in [0.25, 0.3) is 0 Å². The van der Waals surface area contributed by atoms with E-state index in [1.807, 2.05) is 25.1 Å². The number of hydrogen-bond donors (Lipinski definition) is 0. The fraction of sp³-hybridized carbons (Fsp3) is 0.316. The van der Waals surface area contributed by atoms with Gasteiger partial charge in [-0.05, 0) is 48.8 Å². The molecule has 1 aliphatic carbocycles. The van der Waals surface area contributed by atoms with E-state index in [2.05, 4.69) is 42.5 Å². The first-order chi connectivity index (χ1) is 9.71. The standard InChI is InChI=1S/C19H19N/c1-19(14-20,13-15-5-3-2-4-6-15)18-11-9-17(10-12-18)16-7-8-16/h2-6,9-12,16H,7-8,13H2,1H3. The Labute approximate surface area is 120 Å². The average molecular weight is 261 g/mol. The number of rotatable bonds is 4. The Morgan fingerprint density at radius 2 is 1.70 bits per heavy atom. The van der Waals surface area contributed by atoms with E-state index in [0.717, 1.165) is 17.9 Å².